The topological polar surface area (TPSA) is 110 Å². The number of nitrogens with two attached hydrogens (primary N) is 1. The molecule has 0 saturated heterocycles. The summed E-state index contributed by atoms with van der Waals surface area (Å²) in [4.78, 5) is 24.6. The van der Waals surface area contributed by atoms with Crippen LogP contribution in [0.1, 0.15) is 34.1 Å². The van der Waals surface area contributed by atoms with E-state index in [2.05, 4.69) is 4.72 Å². The highest BCUT2D eigenvalue weighted by atomic mass is 32.2. The van der Waals surface area contributed by atoms with Gasteiger partial charge in [-0.25, -0.2) is 8.42 Å². The van der Waals surface area contributed by atoms with Crippen LogP contribution in [0.3, 0.4) is 0 Å². The monoisotopic (exact) mass is 311 g/mol. The van der Waals surface area contributed by atoms with E-state index in [1.54, 1.807) is 6.92 Å². The normalized spacial score (nSPS) is 16.0. The predicted molar refractivity (Wildman–Crippen MR) is 78.5 cm³/mol. The van der Waals surface area contributed by atoms with Gasteiger partial charge in [-0.05, 0) is 24.6 Å². The van der Waals surface area contributed by atoms with Crippen molar-refractivity contribution in [2.75, 3.05) is 18.3 Å². The summed E-state index contributed by atoms with van der Waals surface area (Å²) >= 11 is 0. The van der Waals surface area contributed by atoms with Crippen LogP contribution in [0.15, 0.2) is 18.2 Å². The number of hydrogen-bond donors (Lipinski definition) is 2. The summed E-state index contributed by atoms with van der Waals surface area (Å²) in [5, 5.41) is -0.703. The van der Waals surface area contributed by atoms with Gasteiger partial charge in [0.05, 0.1) is 16.4 Å². The molecule has 1 aliphatic heterocycles. The summed E-state index contributed by atoms with van der Waals surface area (Å²) in [5.41, 5.74) is 6.17. The number of sulfonamides is 1. The van der Waals surface area contributed by atoms with E-state index in [4.69, 9.17) is 5.73 Å². The molecular weight excluding hydrogens is 294 g/mol. The minimum absolute atomic E-state index is 0.0108. The van der Waals surface area contributed by atoms with E-state index in [-0.39, 0.29) is 23.4 Å². The molecule has 1 aromatic rings. The first-order valence-electron chi connectivity index (χ1n) is 6.50. The Kier molecular flexibility index (Phi) is 4.02. The maximum absolute atomic E-state index is 12.1. The van der Waals surface area contributed by atoms with E-state index in [1.165, 1.54) is 25.2 Å². The van der Waals surface area contributed by atoms with Gasteiger partial charge >= 0.3 is 0 Å². The van der Waals surface area contributed by atoms with Crippen molar-refractivity contribution in [3.63, 3.8) is 0 Å². The number of rotatable bonds is 5. The van der Waals surface area contributed by atoms with Crippen molar-refractivity contribution in [1.29, 1.82) is 0 Å². The van der Waals surface area contributed by atoms with E-state index in [1.807, 2.05) is 0 Å². The minimum atomic E-state index is -3.62. The minimum Gasteiger partial charge on any atom is -0.329 e. The lowest BCUT2D eigenvalue weighted by atomic mass is 10.1. The second kappa shape index (κ2) is 5.45. The lowest BCUT2D eigenvalue weighted by Gasteiger charge is -2.15. The Labute approximate surface area is 123 Å². The highest BCUT2D eigenvalue weighted by molar-refractivity contribution is 7.93. The summed E-state index contributed by atoms with van der Waals surface area (Å²) in [6, 6.07) is 4.28. The SMILES string of the molecule is CCC(CN)S(=O)(=O)Nc1ccc2c(c1)C(=O)N(C)C2=O. The van der Waals surface area contributed by atoms with Crippen LogP contribution < -0.4 is 10.5 Å². The van der Waals surface area contributed by atoms with Crippen molar-refractivity contribution in [2.45, 2.75) is 18.6 Å². The van der Waals surface area contributed by atoms with Crippen LogP contribution in [0.25, 0.3) is 0 Å². The Hall–Kier alpha value is -1.93. The van der Waals surface area contributed by atoms with Gasteiger partial charge in [0, 0.05) is 19.3 Å². The molecule has 114 valence electrons. The molecule has 0 saturated carbocycles. The second-order valence-electron chi connectivity index (χ2n) is 4.84. The zero-order valence-electron chi connectivity index (χ0n) is 11.8. The summed E-state index contributed by atoms with van der Waals surface area (Å²) in [7, 11) is -2.24. The van der Waals surface area contributed by atoms with E-state index < -0.39 is 27.1 Å². The number of carbonyl (C=O) groups excluding carboxylic acids is 2. The average molecular weight is 311 g/mol. The number of amides is 2. The van der Waals surface area contributed by atoms with Gasteiger partial charge in [0.25, 0.3) is 11.8 Å². The standard InChI is InChI=1S/C13H17N3O4S/c1-3-9(7-14)21(19,20)15-8-4-5-10-11(6-8)13(18)16(2)12(10)17/h4-6,9,15H,3,7,14H2,1-2H3. The van der Waals surface area contributed by atoms with Gasteiger partial charge in [0.15, 0.2) is 0 Å². The van der Waals surface area contributed by atoms with Crippen LogP contribution in [0.5, 0.6) is 0 Å². The third kappa shape index (κ3) is 2.64. The molecule has 1 aromatic carbocycles. The first-order chi connectivity index (χ1) is 9.81. The molecule has 0 bridgehead atoms. The highest BCUT2D eigenvalue weighted by Gasteiger charge is 2.33. The second-order valence-corrected chi connectivity index (χ2v) is 6.80. The van der Waals surface area contributed by atoms with Crippen molar-refractivity contribution < 1.29 is 18.0 Å². The molecular formula is C13H17N3O4S. The Morgan fingerprint density at radius 2 is 1.86 bits per heavy atom. The molecule has 7 nitrogen and oxygen atoms in total. The number of imide groups is 1. The number of nitrogens with zero attached hydrogens (tertiary/aromatic N) is 1. The van der Waals surface area contributed by atoms with Gasteiger partial charge in [-0.3, -0.25) is 19.2 Å². The van der Waals surface area contributed by atoms with Gasteiger partial charge in [0.1, 0.15) is 0 Å². The van der Waals surface area contributed by atoms with Gasteiger partial charge in [-0.15, -0.1) is 0 Å². The molecule has 1 heterocycles. The summed E-state index contributed by atoms with van der Waals surface area (Å²) in [6.45, 7) is 1.74. The molecule has 1 atom stereocenters. The fraction of sp³-hybridized carbons (Fsp3) is 0.385. The fourth-order valence-electron chi connectivity index (χ4n) is 2.19. The maximum Gasteiger partial charge on any atom is 0.261 e. The Balaban J connectivity index is 2.33. The number of carbonyl (C=O) groups is 2. The van der Waals surface area contributed by atoms with Gasteiger partial charge in [0.2, 0.25) is 10.0 Å². The van der Waals surface area contributed by atoms with Crippen molar-refractivity contribution >= 4 is 27.5 Å². The molecule has 0 fully saturated rings. The van der Waals surface area contributed by atoms with Crippen LogP contribution in [0, 0.1) is 0 Å². The summed E-state index contributed by atoms with van der Waals surface area (Å²) in [6.07, 6.45) is 0.386. The molecule has 0 aromatic heterocycles. The molecule has 1 aliphatic rings. The van der Waals surface area contributed by atoms with E-state index >= 15 is 0 Å². The Morgan fingerprint density at radius 3 is 2.43 bits per heavy atom. The van der Waals surface area contributed by atoms with Crippen molar-refractivity contribution in [2.24, 2.45) is 5.73 Å². The fourth-order valence-corrected chi connectivity index (χ4v) is 3.50. The zero-order chi connectivity index (χ0) is 15.8. The van der Waals surface area contributed by atoms with Gasteiger partial charge in [-0.1, -0.05) is 6.92 Å². The molecule has 21 heavy (non-hydrogen) atoms. The van der Waals surface area contributed by atoms with E-state index in [0.717, 1.165) is 4.90 Å². The summed E-state index contributed by atoms with van der Waals surface area (Å²) < 4.78 is 26.6. The van der Waals surface area contributed by atoms with Crippen molar-refractivity contribution in [1.82, 2.24) is 4.90 Å². The van der Waals surface area contributed by atoms with Crippen LogP contribution in [0.4, 0.5) is 5.69 Å². The average Bonchev–Trinajstić information content (AvgIpc) is 2.64. The van der Waals surface area contributed by atoms with Crippen molar-refractivity contribution in [3.8, 4) is 0 Å². The lowest BCUT2D eigenvalue weighted by Crippen LogP contribution is -2.33. The molecule has 2 amide bonds. The molecule has 1 unspecified atom stereocenters. The van der Waals surface area contributed by atoms with Crippen LogP contribution >= 0.6 is 0 Å². The van der Waals surface area contributed by atoms with E-state index in [0.29, 0.717) is 6.42 Å². The largest absolute Gasteiger partial charge is 0.329 e. The number of anilines is 1. The number of benzene rings is 1. The third-order valence-electron chi connectivity index (χ3n) is 3.51. The number of fused-ring (bicyclic) bond motifs is 1. The zero-order valence-corrected chi connectivity index (χ0v) is 12.6. The summed E-state index contributed by atoms with van der Waals surface area (Å²) in [5.74, 6) is -0.834. The molecule has 0 aliphatic carbocycles. The van der Waals surface area contributed by atoms with Gasteiger partial charge in [-0.2, -0.15) is 0 Å². The number of hydrogen-bond acceptors (Lipinski definition) is 5. The van der Waals surface area contributed by atoms with Crippen LogP contribution in [-0.2, 0) is 10.0 Å². The molecule has 8 heteroatoms. The lowest BCUT2D eigenvalue weighted by molar-refractivity contribution is 0.0693. The molecule has 2 rings (SSSR count). The highest BCUT2D eigenvalue weighted by Crippen LogP contribution is 2.25. The Bertz CT molecular complexity index is 695. The predicted octanol–water partition coefficient (Wildman–Crippen LogP) is 0.391. The smallest absolute Gasteiger partial charge is 0.261 e. The molecule has 0 spiro atoms. The number of nitrogens with one attached hydrogen (secondary N) is 1. The maximum atomic E-state index is 12.1. The quantitative estimate of drug-likeness (QED) is 0.765. The van der Waals surface area contributed by atoms with Crippen LogP contribution in [0.2, 0.25) is 0 Å². The van der Waals surface area contributed by atoms with E-state index in [9.17, 15) is 18.0 Å². The van der Waals surface area contributed by atoms with Gasteiger partial charge < -0.3 is 5.73 Å². The molecule has 0 radical (unpaired) electrons. The Morgan fingerprint density at radius 1 is 1.24 bits per heavy atom. The van der Waals surface area contributed by atoms with Crippen LogP contribution in [-0.4, -0.2) is 44.0 Å². The molecule has 3 N–H and O–H groups in total. The first kappa shape index (κ1) is 15.5. The third-order valence-corrected chi connectivity index (χ3v) is 5.43. The first-order valence-corrected chi connectivity index (χ1v) is 8.04. The van der Waals surface area contributed by atoms with Crippen molar-refractivity contribution in [3.05, 3.63) is 29.3 Å².